The third-order valence-electron chi connectivity index (χ3n) is 2.74. The normalized spacial score (nSPS) is 14.2. The van der Waals surface area contributed by atoms with Crippen LogP contribution in [-0.2, 0) is 0 Å². The molecule has 0 aromatic heterocycles. The van der Waals surface area contributed by atoms with E-state index in [1.807, 2.05) is 0 Å². The van der Waals surface area contributed by atoms with Gasteiger partial charge in [-0.05, 0) is 27.7 Å². The molecule has 96 valence electrons. The van der Waals surface area contributed by atoms with Gasteiger partial charge in [-0.25, -0.2) is 0 Å². The zero-order valence-electron chi connectivity index (χ0n) is 12.0. The molecule has 0 atom stereocenters. The minimum absolute atomic E-state index is 0.0134. The Morgan fingerprint density at radius 2 is 1.56 bits per heavy atom. The molecule has 0 aliphatic heterocycles. The third kappa shape index (κ3) is 5.50. The lowest BCUT2D eigenvalue weighted by Crippen LogP contribution is -2.39. The molecule has 0 saturated carbocycles. The molecule has 0 amide bonds. The predicted molar refractivity (Wildman–Crippen MR) is 72.9 cm³/mol. The molecule has 0 radical (unpaired) electrons. The average Bonchev–Trinajstić information content (AvgIpc) is 2.08. The van der Waals surface area contributed by atoms with E-state index in [1.54, 1.807) is 0 Å². The highest BCUT2D eigenvalue weighted by Gasteiger charge is 2.16. The largest absolute Gasteiger partial charge is 0.387 e. The SMILES string of the molecule is CC(C)N(CCN=C(N)C(C)(C)C)C(C)C. The van der Waals surface area contributed by atoms with Crippen LogP contribution in [-0.4, -0.2) is 35.9 Å². The molecule has 0 spiro atoms. The van der Waals surface area contributed by atoms with Gasteiger partial charge in [-0.15, -0.1) is 0 Å². The van der Waals surface area contributed by atoms with Crippen LogP contribution in [0, 0.1) is 5.41 Å². The van der Waals surface area contributed by atoms with E-state index in [1.165, 1.54) is 0 Å². The molecule has 0 aromatic rings. The van der Waals surface area contributed by atoms with Crippen LogP contribution in [0.4, 0.5) is 0 Å². The zero-order chi connectivity index (χ0) is 12.9. The molecule has 0 aliphatic carbocycles. The second-order valence-corrected chi connectivity index (χ2v) is 5.94. The summed E-state index contributed by atoms with van der Waals surface area (Å²) in [6.45, 7) is 16.9. The predicted octanol–water partition coefficient (Wildman–Crippen LogP) is 2.51. The molecule has 16 heavy (non-hydrogen) atoms. The zero-order valence-corrected chi connectivity index (χ0v) is 12.0. The Hall–Kier alpha value is -0.570. The maximum absolute atomic E-state index is 5.92. The molecule has 0 unspecified atom stereocenters. The van der Waals surface area contributed by atoms with Gasteiger partial charge in [0.2, 0.25) is 0 Å². The maximum Gasteiger partial charge on any atom is 0.0991 e. The molecule has 0 bridgehead atoms. The minimum Gasteiger partial charge on any atom is -0.387 e. The number of hydrogen-bond donors (Lipinski definition) is 1. The van der Waals surface area contributed by atoms with E-state index in [9.17, 15) is 0 Å². The number of nitrogens with two attached hydrogens (primary N) is 1. The van der Waals surface area contributed by atoms with Gasteiger partial charge in [0, 0.05) is 24.0 Å². The Kier molecular flexibility index (Phi) is 6.01. The smallest absolute Gasteiger partial charge is 0.0991 e. The van der Waals surface area contributed by atoms with Crippen molar-refractivity contribution in [2.75, 3.05) is 13.1 Å². The van der Waals surface area contributed by atoms with E-state index in [0.717, 1.165) is 18.9 Å². The Balaban J connectivity index is 4.24. The van der Waals surface area contributed by atoms with Gasteiger partial charge >= 0.3 is 0 Å². The molecular weight excluding hydrogens is 198 g/mol. The highest BCUT2D eigenvalue weighted by atomic mass is 15.2. The number of aliphatic imine (C=N–C) groups is 1. The fraction of sp³-hybridized carbons (Fsp3) is 0.923. The standard InChI is InChI=1S/C13H29N3/c1-10(2)16(11(3)4)9-8-15-12(14)13(5,6)7/h10-11H,8-9H2,1-7H3,(H2,14,15). The summed E-state index contributed by atoms with van der Waals surface area (Å²) in [7, 11) is 0. The van der Waals surface area contributed by atoms with Gasteiger partial charge in [0.1, 0.15) is 0 Å². The summed E-state index contributed by atoms with van der Waals surface area (Å²) < 4.78 is 0. The Labute approximate surface area is 101 Å². The van der Waals surface area contributed by atoms with E-state index < -0.39 is 0 Å². The Morgan fingerprint density at radius 1 is 1.12 bits per heavy atom. The van der Waals surface area contributed by atoms with Gasteiger partial charge < -0.3 is 5.73 Å². The first-order valence-corrected chi connectivity index (χ1v) is 6.22. The van der Waals surface area contributed by atoms with Gasteiger partial charge in [0.15, 0.2) is 0 Å². The molecule has 3 heteroatoms. The lowest BCUT2D eigenvalue weighted by molar-refractivity contribution is 0.181. The second kappa shape index (κ2) is 6.24. The van der Waals surface area contributed by atoms with Crippen LogP contribution < -0.4 is 5.73 Å². The van der Waals surface area contributed by atoms with Crippen LogP contribution >= 0.6 is 0 Å². The van der Waals surface area contributed by atoms with Crippen molar-refractivity contribution in [2.24, 2.45) is 16.1 Å². The third-order valence-corrected chi connectivity index (χ3v) is 2.74. The number of nitrogens with zero attached hydrogens (tertiary/aromatic N) is 2. The quantitative estimate of drug-likeness (QED) is 0.579. The van der Waals surface area contributed by atoms with Crippen LogP contribution in [0.2, 0.25) is 0 Å². The summed E-state index contributed by atoms with van der Waals surface area (Å²) in [5.41, 5.74) is 5.91. The van der Waals surface area contributed by atoms with Gasteiger partial charge in [0.05, 0.1) is 12.4 Å². The molecule has 0 aromatic carbocycles. The summed E-state index contributed by atoms with van der Waals surface area (Å²) >= 11 is 0. The van der Waals surface area contributed by atoms with Crippen molar-refractivity contribution in [1.29, 1.82) is 0 Å². The van der Waals surface area contributed by atoms with E-state index in [4.69, 9.17) is 5.73 Å². The first kappa shape index (κ1) is 15.4. The minimum atomic E-state index is -0.0134. The van der Waals surface area contributed by atoms with Gasteiger partial charge in [0.25, 0.3) is 0 Å². The average molecular weight is 227 g/mol. The van der Waals surface area contributed by atoms with Gasteiger partial charge in [-0.3, -0.25) is 9.89 Å². The summed E-state index contributed by atoms with van der Waals surface area (Å²) in [6, 6.07) is 1.12. The van der Waals surface area contributed by atoms with E-state index >= 15 is 0 Å². The maximum atomic E-state index is 5.92. The lowest BCUT2D eigenvalue weighted by atomic mass is 9.95. The van der Waals surface area contributed by atoms with Crippen LogP contribution in [0.25, 0.3) is 0 Å². The number of amidine groups is 1. The van der Waals surface area contributed by atoms with Crippen molar-refractivity contribution in [1.82, 2.24) is 4.90 Å². The van der Waals surface area contributed by atoms with Gasteiger partial charge in [-0.2, -0.15) is 0 Å². The van der Waals surface area contributed by atoms with Crippen molar-refractivity contribution < 1.29 is 0 Å². The van der Waals surface area contributed by atoms with Crippen LogP contribution in [0.1, 0.15) is 48.5 Å². The van der Waals surface area contributed by atoms with Crippen LogP contribution in [0.3, 0.4) is 0 Å². The Morgan fingerprint density at radius 3 is 1.88 bits per heavy atom. The topological polar surface area (TPSA) is 41.6 Å². The fourth-order valence-electron chi connectivity index (χ4n) is 1.64. The summed E-state index contributed by atoms with van der Waals surface area (Å²) in [5, 5.41) is 0. The molecule has 0 fully saturated rings. The first-order chi connectivity index (χ1) is 7.16. The van der Waals surface area contributed by atoms with E-state index in [2.05, 4.69) is 58.4 Å². The summed E-state index contributed by atoms with van der Waals surface area (Å²) in [6.07, 6.45) is 0. The van der Waals surface area contributed by atoms with Crippen molar-refractivity contribution >= 4 is 5.84 Å². The van der Waals surface area contributed by atoms with Crippen molar-refractivity contribution in [2.45, 2.75) is 60.5 Å². The number of rotatable bonds is 5. The monoisotopic (exact) mass is 227 g/mol. The van der Waals surface area contributed by atoms with Crippen molar-refractivity contribution in [3.8, 4) is 0 Å². The molecule has 0 saturated heterocycles. The highest BCUT2D eigenvalue weighted by molar-refractivity contribution is 5.85. The number of hydrogen-bond acceptors (Lipinski definition) is 2. The lowest BCUT2D eigenvalue weighted by Gasteiger charge is -2.30. The molecule has 3 nitrogen and oxygen atoms in total. The highest BCUT2D eigenvalue weighted by Crippen LogP contribution is 2.12. The van der Waals surface area contributed by atoms with Crippen molar-refractivity contribution in [3.63, 3.8) is 0 Å². The van der Waals surface area contributed by atoms with E-state index in [-0.39, 0.29) is 5.41 Å². The molecule has 0 heterocycles. The molecule has 2 N–H and O–H groups in total. The molecule has 0 rings (SSSR count). The summed E-state index contributed by atoms with van der Waals surface area (Å²) in [4.78, 5) is 6.88. The first-order valence-electron chi connectivity index (χ1n) is 6.22. The second-order valence-electron chi connectivity index (χ2n) is 5.94. The van der Waals surface area contributed by atoms with Gasteiger partial charge in [-0.1, -0.05) is 20.8 Å². The van der Waals surface area contributed by atoms with Crippen molar-refractivity contribution in [3.05, 3.63) is 0 Å². The molecular formula is C13H29N3. The van der Waals surface area contributed by atoms with Crippen LogP contribution in [0.5, 0.6) is 0 Å². The fourth-order valence-corrected chi connectivity index (χ4v) is 1.64. The Bertz CT molecular complexity index is 216. The summed E-state index contributed by atoms with van der Waals surface area (Å²) in [5.74, 6) is 0.750. The molecule has 0 aliphatic rings. The van der Waals surface area contributed by atoms with E-state index in [0.29, 0.717) is 12.1 Å². The van der Waals surface area contributed by atoms with Crippen LogP contribution in [0.15, 0.2) is 4.99 Å².